The molecule has 1 aliphatic heterocycles. The monoisotopic (exact) mass is 154 g/mol. The van der Waals surface area contributed by atoms with E-state index in [1.54, 1.807) is 10.9 Å². The van der Waals surface area contributed by atoms with Gasteiger partial charge in [0.1, 0.15) is 0 Å². The van der Waals surface area contributed by atoms with E-state index in [1.165, 1.54) is 0 Å². The van der Waals surface area contributed by atoms with Crippen LogP contribution < -0.4 is 0 Å². The van der Waals surface area contributed by atoms with E-state index in [0.29, 0.717) is 19.8 Å². The molecule has 0 radical (unpaired) electrons. The van der Waals surface area contributed by atoms with E-state index < -0.39 is 0 Å². The fourth-order valence-corrected chi connectivity index (χ4v) is 1.07. The zero-order valence-corrected chi connectivity index (χ0v) is 6.14. The summed E-state index contributed by atoms with van der Waals surface area (Å²) >= 11 is 0. The van der Waals surface area contributed by atoms with E-state index in [1.807, 2.05) is 12.3 Å². The maximum Gasteiger partial charge on any atom is 0.177 e. The first-order chi connectivity index (χ1) is 5.45. The lowest BCUT2D eigenvalue weighted by Gasteiger charge is -2.07. The van der Waals surface area contributed by atoms with Crippen molar-refractivity contribution in [3.8, 4) is 0 Å². The normalized spacial score (nSPS) is 19.3. The molecule has 0 aliphatic carbocycles. The highest BCUT2D eigenvalue weighted by molar-refractivity contribution is 4.78. The van der Waals surface area contributed by atoms with Crippen LogP contribution >= 0.6 is 0 Å². The summed E-state index contributed by atoms with van der Waals surface area (Å²) in [5.41, 5.74) is 0. The molecule has 0 atom stereocenters. The van der Waals surface area contributed by atoms with Crippen LogP contribution in [0.3, 0.4) is 0 Å². The summed E-state index contributed by atoms with van der Waals surface area (Å²) in [4.78, 5) is 0. The molecule has 0 bridgehead atoms. The van der Waals surface area contributed by atoms with Crippen LogP contribution in [0, 0.1) is 0 Å². The van der Waals surface area contributed by atoms with Crippen molar-refractivity contribution in [2.45, 2.75) is 12.8 Å². The van der Waals surface area contributed by atoms with Crippen molar-refractivity contribution in [3.63, 3.8) is 0 Å². The number of hydrogen-bond donors (Lipinski definition) is 0. The van der Waals surface area contributed by atoms with Crippen molar-refractivity contribution in [2.24, 2.45) is 0 Å². The first-order valence-electron chi connectivity index (χ1n) is 3.66. The number of aromatic nitrogens is 2. The van der Waals surface area contributed by atoms with Crippen molar-refractivity contribution in [3.05, 3.63) is 18.5 Å². The lowest BCUT2D eigenvalue weighted by molar-refractivity contribution is -0.0545. The summed E-state index contributed by atoms with van der Waals surface area (Å²) in [7, 11) is 0. The number of ether oxygens (including phenoxy) is 2. The van der Waals surface area contributed by atoms with E-state index in [-0.39, 0.29) is 6.29 Å². The van der Waals surface area contributed by atoms with Gasteiger partial charge in [-0.3, -0.25) is 4.68 Å². The molecule has 1 saturated heterocycles. The van der Waals surface area contributed by atoms with Gasteiger partial charge in [0.2, 0.25) is 0 Å². The van der Waals surface area contributed by atoms with Gasteiger partial charge in [0, 0.05) is 12.4 Å². The van der Waals surface area contributed by atoms with Gasteiger partial charge in [0.05, 0.1) is 19.8 Å². The van der Waals surface area contributed by atoms with Gasteiger partial charge in [-0.2, -0.15) is 5.10 Å². The summed E-state index contributed by atoms with van der Waals surface area (Å²) in [6.07, 6.45) is 3.54. The predicted molar refractivity (Wildman–Crippen MR) is 37.9 cm³/mol. The largest absolute Gasteiger partial charge is 0.348 e. The van der Waals surface area contributed by atoms with Crippen LogP contribution in [0.5, 0.6) is 0 Å². The van der Waals surface area contributed by atoms with Crippen LogP contribution in [-0.4, -0.2) is 29.3 Å². The molecule has 1 aromatic rings. The Hall–Kier alpha value is -0.870. The van der Waals surface area contributed by atoms with Gasteiger partial charge in [-0.05, 0) is 6.07 Å². The van der Waals surface area contributed by atoms with Crippen molar-refractivity contribution in [1.82, 2.24) is 9.78 Å². The van der Waals surface area contributed by atoms with E-state index in [0.717, 1.165) is 0 Å². The van der Waals surface area contributed by atoms with Crippen molar-refractivity contribution >= 4 is 0 Å². The van der Waals surface area contributed by atoms with Gasteiger partial charge < -0.3 is 9.47 Å². The average molecular weight is 154 g/mol. The molecule has 60 valence electrons. The van der Waals surface area contributed by atoms with Crippen LogP contribution in [0.1, 0.15) is 0 Å². The van der Waals surface area contributed by atoms with Gasteiger partial charge in [0.25, 0.3) is 0 Å². The molecule has 0 saturated carbocycles. The van der Waals surface area contributed by atoms with Crippen molar-refractivity contribution in [2.75, 3.05) is 13.2 Å². The van der Waals surface area contributed by atoms with E-state index in [2.05, 4.69) is 5.10 Å². The summed E-state index contributed by atoms with van der Waals surface area (Å²) in [6.45, 7) is 2.09. The zero-order valence-electron chi connectivity index (χ0n) is 6.14. The second-order valence-electron chi connectivity index (χ2n) is 2.40. The maximum atomic E-state index is 5.24. The minimum Gasteiger partial charge on any atom is -0.348 e. The highest BCUT2D eigenvalue weighted by atomic mass is 16.7. The molecule has 2 heterocycles. The SMILES string of the molecule is c1cnn(CC2OCCO2)c1. The molecule has 2 rings (SSSR count). The molecule has 11 heavy (non-hydrogen) atoms. The third-order valence-corrected chi connectivity index (χ3v) is 1.59. The molecule has 0 spiro atoms. The summed E-state index contributed by atoms with van der Waals surface area (Å²) in [5.74, 6) is 0. The molecule has 4 nitrogen and oxygen atoms in total. The molecule has 0 N–H and O–H groups in total. The fourth-order valence-electron chi connectivity index (χ4n) is 1.07. The molecular weight excluding hydrogens is 144 g/mol. The molecular formula is C7H10N2O2. The lowest BCUT2D eigenvalue weighted by Crippen LogP contribution is -2.16. The molecule has 1 aromatic heterocycles. The third-order valence-electron chi connectivity index (χ3n) is 1.59. The summed E-state index contributed by atoms with van der Waals surface area (Å²) < 4.78 is 12.3. The highest BCUT2D eigenvalue weighted by Crippen LogP contribution is 2.05. The molecule has 1 aliphatic rings. The lowest BCUT2D eigenvalue weighted by atomic mass is 10.6. The van der Waals surface area contributed by atoms with Gasteiger partial charge in [0.15, 0.2) is 6.29 Å². The average Bonchev–Trinajstić information content (AvgIpc) is 2.60. The Morgan fingerprint density at radius 3 is 2.91 bits per heavy atom. The minimum atomic E-state index is -0.102. The predicted octanol–water partition coefficient (Wildman–Crippen LogP) is 0.256. The summed E-state index contributed by atoms with van der Waals surface area (Å²) in [5, 5.41) is 4.04. The minimum absolute atomic E-state index is 0.102. The number of hydrogen-bond acceptors (Lipinski definition) is 3. The topological polar surface area (TPSA) is 36.3 Å². The third kappa shape index (κ3) is 1.58. The Morgan fingerprint density at radius 1 is 1.45 bits per heavy atom. The smallest absolute Gasteiger partial charge is 0.177 e. The number of rotatable bonds is 2. The highest BCUT2D eigenvalue weighted by Gasteiger charge is 2.15. The molecule has 1 fully saturated rings. The van der Waals surface area contributed by atoms with Crippen molar-refractivity contribution < 1.29 is 9.47 Å². The van der Waals surface area contributed by atoms with Gasteiger partial charge in [-0.15, -0.1) is 0 Å². The van der Waals surface area contributed by atoms with Gasteiger partial charge in [-0.25, -0.2) is 0 Å². The quantitative estimate of drug-likeness (QED) is 0.613. The zero-order chi connectivity index (χ0) is 7.52. The second-order valence-corrected chi connectivity index (χ2v) is 2.40. The van der Waals surface area contributed by atoms with Gasteiger partial charge in [-0.1, -0.05) is 0 Å². The molecule has 0 aromatic carbocycles. The van der Waals surface area contributed by atoms with E-state index in [4.69, 9.17) is 9.47 Å². The Balaban J connectivity index is 1.90. The Labute approximate surface area is 64.7 Å². The van der Waals surface area contributed by atoms with E-state index >= 15 is 0 Å². The van der Waals surface area contributed by atoms with Crippen molar-refractivity contribution in [1.29, 1.82) is 0 Å². The summed E-state index contributed by atoms with van der Waals surface area (Å²) in [6, 6.07) is 1.88. The standard InChI is InChI=1S/C7H10N2O2/c1-2-8-9(3-1)6-7-10-4-5-11-7/h1-3,7H,4-6H2. The Bertz CT molecular complexity index is 204. The Morgan fingerprint density at radius 2 is 2.27 bits per heavy atom. The van der Waals surface area contributed by atoms with Crippen LogP contribution in [0.25, 0.3) is 0 Å². The maximum absolute atomic E-state index is 5.24. The Kier molecular flexibility index (Phi) is 1.87. The van der Waals surface area contributed by atoms with Gasteiger partial charge >= 0.3 is 0 Å². The first kappa shape index (κ1) is 6.82. The fraction of sp³-hybridized carbons (Fsp3) is 0.571. The van der Waals surface area contributed by atoms with E-state index in [9.17, 15) is 0 Å². The molecule has 4 heteroatoms. The second kappa shape index (κ2) is 3.02. The van der Waals surface area contributed by atoms with Crippen LogP contribution in [0.2, 0.25) is 0 Å². The van der Waals surface area contributed by atoms with Crippen LogP contribution in [0.4, 0.5) is 0 Å². The molecule has 0 unspecified atom stereocenters. The van der Waals surface area contributed by atoms with Crippen LogP contribution in [-0.2, 0) is 16.0 Å². The van der Waals surface area contributed by atoms with Crippen LogP contribution in [0.15, 0.2) is 18.5 Å². The molecule has 0 amide bonds. The number of nitrogens with zero attached hydrogens (tertiary/aromatic N) is 2. The first-order valence-corrected chi connectivity index (χ1v) is 3.66.